The van der Waals surface area contributed by atoms with Crippen molar-refractivity contribution in [2.24, 2.45) is 0 Å². The number of para-hydroxylation sites is 1. The van der Waals surface area contributed by atoms with Gasteiger partial charge in [0.1, 0.15) is 11.6 Å². The summed E-state index contributed by atoms with van der Waals surface area (Å²) in [5.74, 6) is -1.79. The molecule has 3 heterocycles. The van der Waals surface area contributed by atoms with E-state index >= 15 is 0 Å². The fraction of sp³-hybridized carbons (Fsp3) is 0.280. The van der Waals surface area contributed by atoms with Crippen molar-refractivity contribution < 1.29 is 18.0 Å². The highest BCUT2D eigenvalue weighted by Crippen LogP contribution is 2.20. The van der Waals surface area contributed by atoms with E-state index in [2.05, 4.69) is 10.2 Å². The van der Waals surface area contributed by atoms with Crippen LogP contribution in [0.2, 0.25) is 0 Å². The van der Waals surface area contributed by atoms with Crippen molar-refractivity contribution in [2.75, 3.05) is 31.1 Å². The van der Waals surface area contributed by atoms with E-state index in [0.717, 1.165) is 12.1 Å². The number of fused-ring (bicyclic) bond motifs is 1. The van der Waals surface area contributed by atoms with Crippen LogP contribution in [0, 0.1) is 17.5 Å². The van der Waals surface area contributed by atoms with Crippen LogP contribution in [0.1, 0.15) is 18.7 Å². The van der Waals surface area contributed by atoms with Gasteiger partial charge in [0.15, 0.2) is 11.6 Å². The molecular formula is C25H23F3N6O2. The summed E-state index contributed by atoms with van der Waals surface area (Å²) in [4.78, 5) is 29.2. The zero-order valence-electron chi connectivity index (χ0n) is 19.3. The average Bonchev–Trinajstić information content (AvgIpc) is 3.30. The minimum absolute atomic E-state index is 0.0118. The topological polar surface area (TPSA) is 75.7 Å². The third kappa shape index (κ3) is 4.56. The lowest BCUT2D eigenvalue weighted by atomic mass is 10.2. The van der Waals surface area contributed by atoms with Crippen molar-refractivity contribution >= 4 is 17.2 Å². The van der Waals surface area contributed by atoms with Gasteiger partial charge in [0, 0.05) is 57.5 Å². The van der Waals surface area contributed by atoms with E-state index < -0.39 is 17.2 Å². The number of anilines is 1. The van der Waals surface area contributed by atoms with Crippen LogP contribution in [0.4, 0.5) is 18.9 Å². The molecule has 1 aliphatic heterocycles. The van der Waals surface area contributed by atoms with Crippen LogP contribution in [-0.4, -0.2) is 56.2 Å². The summed E-state index contributed by atoms with van der Waals surface area (Å²) in [5, 5.41) is 8.04. The Hall–Kier alpha value is -4.15. The van der Waals surface area contributed by atoms with Gasteiger partial charge in [-0.2, -0.15) is 0 Å². The molecule has 1 amide bonds. The molecule has 186 valence electrons. The van der Waals surface area contributed by atoms with Crippen LogP contribution in [0.25, 0.3) is 11.3 Å². The Morgan fingerprint density at radius 1 is 0.889 bits per heavy atom. The van der Waals surface area contributed by atoms with Gasteiger partial charge in [-0.1, -0.05) is 12.1 Å². The fourth-order valence-electron chi connectivity index (χ4n) is 4.40. The maximum atomic E-state index is 14.0. The second kappa shape index (κ2) is 9.84. The highest BCUT2D eigenvalue weighted by molar-refractivity contribution is 5.76. The first-order chi connectivity index (χ1) is 17.4. The van der Waals surface area contributed by atoms with E-state index in [1.165, 1.54) is 27.3 Å². The third-order valence-electron chi connectivity index (χ3n) is 6.34. The Labute approximate surface area is 204 Å². The van der Waals surface area contributed by atoms with Gasteiger partial charge in [-0.25, -0.2) is 13.2 Å². The molecule has 0 saturated carbocycles. The number of benzene rings is 2. The quantitative estimate of drug-likeness (QED) is 0.410. The number of nitrogens with zero attached hydrogens (tertiary/aromatic N) is 6. The minimum atomic E-state index is -1.06. The van der Waals surface area contributed by atoms with Crippen molar-refractivity contribution in [3.63, 3.8) is 0 Å². The van der Waals surface area contributed by atoms with Crippen LogP contribution in [0.3, 0.4) is 0 Å². The smallest absolute Gasteiger partial charge is 0.300 e. The molecule has 0 unspecified atom stereocenters. The maximum absolute atomic E-state index is 14.0. The molecule has 0 spiro atoms. The predicted molar refractivity (Wildman–Crippen MR) is 127 cm³/mol. The summed E-state index contributed by atoms with van der Waals surface area (Å²) in [6.07, 6.45) is 4.27. The van der Waals surface area contributed by atoms with Gasteiger partial charge < -0.3 is 9.80 Å². The number of piperazine rings is 1. The van der Waals surface area contributed by atoms with E-state index in [9.17, 15) is 22.8 Å². The standard InChI is InChI=1S/C25H23F3N6O2/c26-18-9-8-17(16-20(18)28)33-14-15-34-22(29-30-24(34)25(33)36)6-3-7-23(35)32-12-10-31(11-13-32)21-5-2-1-4-19(21)27/h1-2,4-5,8-9,14-16H,3,6-7,10-13H2. The molecule has 1 aliphatic rings. The number of carbonyl (C=O) groups excluding carboxylic acids is 1. The van der Waals surface area contributed by atoms with E-state index in [0.29, 0.717) is 57.0 Å². The number of amides is 1. The largest absolute Gasteiger partial charge is 0.366 e. The number of aromatic nitrogens is 4. The van der Waals surface area contributed by atoms with Crippen LogP contribution in [0.15, 0.2) is 59.7 Å². The highest BCUT2D eigenvalue weighted by atomic mass is 19.2. The Morgan fingerprint density at radius 2 is 1.67 bits per heavy atom. The summed E-state index contributed by atoms with van der Waals surface area (Å²) in [7, 11) is 0. The van der Waals surface area contributed by atoms with Crippen molar-refractivity contribution in [1.82, 2.24) is 24.1 Å². The number of halogens is 3. The number of hydrogen-bond acceptors (Lipinski definition) is 5. The second-order valence-corrected chi connectivity index (χ2v) is 8.55. The molecule has 1 fully saturated rings. The molecule has 0 bridgehead atoms. The maximum Gasteiger partial charge on any atom is 0.300 e. The molecule has 0 radical (unpaired) electrons. The molecule has 36 heavy (non-hydrogen) atoms. The van der Waals surface area contributed by atoms with E-state index in [1.54, 1.807) is 29.3 Å². The van der Waals surface area contributed by atoms with Gasteiger partial charge in [-0.3, -0.25) is 18.6 Å². The van der Waals surface area contributed by atoms with Crippen LogP contribution in [-0.2, 0) is 11.2 Å². The van der Waals surface area contributed by atoms with Gasteiger partial charge in [0.2, 0.25) is 11.6 Å². The van der Waals surface area contributed by atoms with Crippen molar-refractivity contribution in [2.45, 2.75) is 19.3 Å². The summed E-state index contributed by atoms with van der Waals surface area (Å²) >= 11 is 0. The molecular weight excluding hydrogens is 473 g/mol. The monoisotopic (exact) mass is 496 g/mol. The van der Waals surface area contributed by atoms with Crippen molar-refractivity contribution in [3.8, 4) is 5.69 Å². The first kappa shape index (κ1) is 23.6. The molecule has 5 rings (SSSR count). The Morgan fingerprint density at radius 3 is 2.42 bits per heavy atom. The SMILES string of the molecule is O=C(CCCc1nnc2c(=O)n(-c3ccc(F)c(F)c3)ccn12)N1CCN(c2ccccc2F)CC1. The van der Waals surface area contributed by atoms with Gasteiger partial charge >= 0.3 is 5.56 Å². The molecule has 2 aromatic carbocycles. The van der Waals surface area contributed by atoms with E-state index in [-0.39, 0.29) is 23.1 Å². The summed E-state index contributed by atoms with van der Waals surface area (Å²) in [6, 6.07) is 9.80. The number of aryl methyl sites for hydroxylation is 1. The molecule has 4 aromatic rings. The van der Waals surface area contributed by atoms with E-state index in [4.69, 9.17) is 0 Å². The Bertz CT molecular complexity index is 1480. The lowest BCUT2D eigenvalue weighted by Gasteiger charge is -2.36. The van der Waals surface area contributed by atoms with Gasteiger partial charge in [-0.15, -0.1) is 10.2 Å². The van der Waals surface area contributed by atoms with Crippen LogP contribution < -0.4 is 10.5 Å². The van der Waals surface area contributed by atoms with Gasteiger partial charge in [-0.05, 0) is 30.7 Å². The first-order valence-electron chi connectivity index (χ1n) is 11.6. The predicted octanol–water partition coefficient (Wildman–Crippen LogP) is 2.97. The van der Waals surface area contributed by atoms with Crippen molar-refractivity contribution in [3.05, 3.63) is 88.5 Å². The average molecular weight is 496 g/mol. The molecule has 2 aromatic heterocycles. The minimum Gasteiger partial charge on any atom is -0.366 e. The number of carbonyl (C=O) groups is 1. The lowest BCUT2D eigenvalue weighted by molar-refractivity contribution is -0.131. The van der Waals surface area contributed by atoms with Gasteiger partial charge in [0.25, 0.3) is 0 Å². The molecule has 0 aliphatic carbocycles. The molecule has 0 atom stereocenters. The number of hydrogen-bond donors (Lipinski definition) is 0. The molecule has 0 N–H and O–H groups in total. The summed E-state index contributed by atoms with van der Waals surface area (Å²) in [6.45, 7) is 2.16. The Balaban J connectivity index is 1.19. The molecule has 11 heteroatoms. The van der Waals surface area contributed by atoms with Crippen LogP contribution in [0.5, 0.6) is 0 Å². The summed E-state index contributed by atoms with van der Waals surface area (Å²) < 4.78 is 43.6. The third-order valence-corrected chi connectivity index (χ3v) is 6.34. The van der Waals surface area contributed by atoms with Gasteiger partial charge in [0.05, 0.1) is 11.4 Å². The summed E-state index contributed by atoms with van der Waals surface area (Å²) in [5.41, 5.74) is 0.248. The van der Waals surface area contributed by atoms with Crippen molar-refractivity contribution in [1.29, 1.82) is 0 Å². The normalized spacial score (nSPS) is 14.0. The molecule has 1 saturated heterocycles. The zero-order chi connectivity index (χ0) is 25.2. The van der Waals surface area contributed by atoms with E-state index in [1.807, 2.05) is 4.90 Å². The fourth-order valence-corrected chi connectivity index (χ4v) is 4.40. The number of rotatable bonds is 6. The van der Waals surface area contributed by atoms with Crippen LogP contribution >= 0.6 is 0 Å². The molecule has 8 nitrogen and oxygen atoms in total. The highest BCUT2D eigenvalue weighted by Gasteiger charge is 2.22. The first-order valence-corrected chi connectivity index (χ1v) is 11.6. The lowest BCUT2D eigenvalue weighted by Crippen LogP contribution is -2.49. The zero-order valence-corrected chi connectivity index (χ0v) is 19.3. The Kier molecular flexibility index (Phi) is 6.45. The second-order valence-electron chi connectivity index (χ2n) is 8.55.